The summed E-state index contributed by atoms with van der Waals surface area (Å²) in [6.07, 6.45) is 4.95. The molecule has 0 radical (unpaired) electrons. The van der Waals surface area contributed by atoms with Gasteiger partial charge in [-0.25, -0.2) is 4.98 Å². The fourth-order valence-electron chi connectivity index (χ4n) is 2.13. The van der Waals surface area contributed by atoms with E-state index >= 15 is 0 Å². The Morgan fingerprint density at radius 3 is 2.48 bits per heavy atom. The Balaban J connectivity index is 2.48. The van der Waals surface area contributed by atoms with Crippen LogP contribution in [0.5, 0.6) is 0 Å². The molecule has 0 saturated carbocycles. The van der Waals surface area contributed by atoms with Crippen LogP contribution in [0.25, 0.3) is 11.5 Å². The maximum atomic E-state index is 11.2. The first-order valence-electron chi connectivity index (χ1n) is 7.10. The zero-order chi connectivity index (χ0) is 15.7. The van der Waals surface area contributed by atoms with Gasteiger partial charge in [-0.2, -0.15) is 0 Å². The predicted octanol–water partition coefficient (Wildman–Crippen LogP) is 3.80. The van der Waals surface area contributed by atoms with Crippen molar-refractivity contribution in [2.24, 2.45) is 5.41 Å². The number of carbonyl (C=O) groups is 1. The van der Waals surface area contributed by atoms with Gasteiger partial charge in [0.2, 0.25) is 5.89 Å². The average Bonchev–Trinajstić information content (AvgIpc) is 2.83. The maximum absolute atomic E-state index is 11.2. The van der Waals surface area contributed by atoms with Crippen molar-refractivity contribution in [1.82, 2.24) is 9.97 Å². The highest BCUT2D eigenvalue weighted by Crippen LogP contribution is 2.33. The van der Waals surface area contributed by atoms with Crippen LogP contribution in [0.3, 0.4) is 0 Å². The van der Waals surface area contributed by atoms with E-state index in [9.17, 15) is 4.79 Å². The van der Waals surface area contributed by atoms with E-state index in [1.165, 1.54) is 0 Å². The van der Waals surface area contributed by atoms with E-state index in [2.05, 4.69) is 30.7 Å². The van der Waals surface area contributed by atoms with Gasteiger partial charge in [-0.15, -0.1) is 0 Å². The molecule has 0 bridgehead atoms. The van der Waals surface area contributed by atoms with E-state index in [1.54, 1.807) is 12.4 Å². The minimum absolute atomic E-state index is 0.141. The standard InChI is InChI=1S/C17H22N2O2/c1-16(2,3)14-13(9-17(4,5)11-20)21-15(19-14)12-7-6-8-18-10-12/h6-8,10-11H,9H2,1-5H3. The molecule has 0 unspecified atom stereocenters. The van der Waals surface area contributed by atoms with E-state index in [-0.39, 0.29) is 5.41 Å². The molecule has 112 valence electrons. The van der Waals surface area contributed by atoms with Crippen molar-refractivity contribution in [2.75, 3.05) is 0 Å². The Morgan fingerprint density at radius 2 is 1.95 bits per heavy atom. The van der Waals surface area contributed by atoms with E-state index < -0.39 is 5.41 Å². The van der Waals surface area contributed by atoms with Gasteiger partial charge in [-0.05, 0) is 12.1 Å². The van der Waals surface area contributed by atoms with Crippen LogP contribution in [0.2, 0.25) is 0 Å². The number of oxazole rings is 1. The lowest BCUT2D eigenvalue weighted by Crippen LogP contribution is -2.20. The second kappa shape index (κ2) is 5.43. The number of nitrogens with zero attached hydrogens (tertiary/aromatic N) is 2. The summed E-state index contributed by atoms with van der Waals surface area (Å²) in [5.74, 6) is 1.34. The van der Waals surface area contributed by atoms with E-state index in [0.717, 1.165) is 23.3 Å². The Hall–Kier alpha value is -1.97. The number of rotatable bonds is 4. The van der Waals surface area contributed by atoms with Gasteiger partial charge in [0.25, 0.3) is 0 Å². The predicted molar refractivity (Wildman–Crippen MR) is 82.0 cm³/mol. The van der Waals surface area contributed by atoms with E-state index in [1.807, 2.05) is 26.0 Å². The van der Waals surface area contributed by atoms with E-state index in [0.29, 0.717) is 12.3 Å². The SMILES string of the molecule is CC(C)(C=O)Cc1oc(-c2cccnc2)nc1C(C)(C)C. The first-order chi connectivity index (χ1) is 9.73. The summed E-state index contributed by atoms with van der Waals surface area (Å²) in [7, 11) is 0. The molecular formula is C17H22N2O2. The van der Waals surface area contributed by atoms with Gasteiger partial charge in [-0.1, -0.05) is 34.6 Å². The summed E-state index contributed by atoms with van der Waals surface area (Å²) in [6.45, 7) is 10.1. The quantitative estimate of drug-likeness (QED) is 0.802. The topological polar surface area (TPSA) is 56.0 Å². The van der Waals surface area contributed by atoms with Gasteiger partial charge in [0.1, 0.15) is 12.0 Å². The van der Waals surface area contributed by atoms with Gasteiger partial charge in [0.05, 0.1) is 11.3 Å². The molecular weight excluding hydrogens is 264 g/mol. The molecule has 2 aromatic rings. The maximum Gasteiger partial charge on any atom is 0.228 e. The lowest BCUT2D eigenvalue weighted by atomic mass is 9.84. The van der Waals surface area contributed by atoms with Crippen molar-refractivity contribution in [2.45, 2.75) is 46.5 Å². The molecule has 4 nitrogen and oxygen atoms in total. The third-order valence-corrected chi connectivity index (χ3v) is 3.25. The van der Waals surface area contributed by atoms with Gasteiger partial charge < -0.3 is 9.21 Å². The number of pyridine rings is 1. The van der Waals surface area contributed by atoms with Crippen LogP contribution < -0.4 is 0 Å². The van der Waals surface area contributed by atoms with Crippen molar-refractivity contribution in [3.63, 3.8) is 0 Å². The zero-order valence-electron chi connectivity index (χ0n) is 13.3. The summed E-state index contributed by atoms with van der Waals surface area (Å²) < 4.78 is 5.96. The molecule has 2 rings (SSSR count). The van der Waals surface area contributed by atoms with Crippen LogP contribution in [0.4, 0.5) is 0 Å². The van der Waals surface area contributed by atoms with Crippen LogP contribution in [0.15, 0.2) is 28.9 Å². The first kappa shape index (κ1) is 15.4. The van der Waals surface area contributed by atoms with Crippen molar-refractivity contribution in [1.29, 1.82) is 0 Å². The molecule has 0 spiro atoms. The van der Waals surface area contributed by atoms with Crippen LogP contribution in [-0.2, 0) is 16.6 Å². The number of aromatic nitrogens is 2. The van der Waals surface area contributed by atoms with Crippen LogP contribution in [0.1, 0.15) is 46.1 Å². The molecule has 2 heterocycles. The molecule has 0 amide bonds. The van der Waals surface area contributed by atoms with E-state index in [4.69, 9.17) is 4.42 Å². The molecule has 0 saturated heterocycles. The highest BCUT2D eigenvalue weighted by molar-refractivity contribution is 5.59. The summed E-state index contributed by atoms with van der Waals surface area (Å²) in [5.41, 5.74) is 1.14. The molecule has 4 heteroatoms. The molecule has 0 aliphatic carbocycles. The number of aldehydes is 1. The zero-order valence-corrected chi connectivity index (χ0v) is 13.3. The molecule has 0 N–H and O–H groups in total. The van der Waals surface area contributed by atoms with Crippen LogP contribution in [-0.4, -0.2) is 16.3 Å². The number of hydrogen-bond acceptors (Lipinski definition) is 4. The third kappa shape index (κ3) is 3.57. The molecule has 0 aromatic carbocycles. The normalized spacial score (nSPS) is 12.4. The lowest BCUT2D eigenvalue weighted by molar-refractivity contribution is -0.114. The molecule has 0 fully saturated rings. The van der Waals surface area contributed by atoms with Crippen molar-refractivity contribution in [3.05, 3.63) is 36.0 Å². The molecule has 0 aliphatic heterocycles. The summed E-state index contributed by atoms with van der Waals surface area (Å²) >= 11 is 0. The average molecular weight is 286 g/mol. The highest BCUT2D eigenvalue weighted by atomic mass is 16.4. The second-order valence-corrected chi connectivity index (χ2v) is 7.07. The van der Waals surface area contributed by atoms with Crippen molar-refractivity contribution < 1.29 is 9.21 Å². The minimum atomic E-state index is -0.467. The minimum Gasteiger partial charge on any atom is -0.441 e. The van der Waals surface area contributed by atoms with Crippen LogP contribution in [0, 0.1) is 5.41 Å². The Bertz CT molecular complexity index is 622. The second-order valence-electron chi connectivity index (χ2n) is 7.07. The summed E-state index contributed by atoms with van der Waals surface area (Å²) in [6, 6.07) is 3.77. The smallest absolute Gasteiger partial charge is 0.228 e. The molecule has 2 aromatic heterocycles. The van der Waals surface area contributed by atoms with Gasteiger partial charge >= 0.3 is 0 Å². The Labute approximate surface area is 125 Å². The third-order valence-electron chi connectivity index (χ3n) is 3.25. The number of carbonyl (C=O) groups excluding carboxylic acids is 1. The number of hydrogen-bond donors (Lipinski definition) is 0. The van der Waals surface area contributed by atoms with Crippen LogP contribution >= 0.6 is 0 Å². The Morgan fingerprint density at radius 1 is 1.24 bits per heavy atom. The largest absolute Gasteiger partial charge is 0.441 e. The fourth-order valence-corrected chi connectivity index (χ4v) is 2.13. The molecule has 0 atom stereocenters. The fraction of sp³-hybridized carbons (Fsp3) is 0.471. The lowest BCUT2D eigenvalue weighted by Gasteiger charge is -2.20. The molecule has 21 heavy (non-hydrogen) atoms. The summed E-state index contributed by atoms with van der Waals surface area (Å²) in [5, 5.41) is 0. The van der Waals surface area contributed by atoms with Gasteiger partial charge in [0, 0.05) is 29.6 Å². The summed E-state index contributed by atoms with van der Waals surface area (Å²) in [4.78, 5) is 19.9. The monoisotopic (exact) mass is 286 g/mol. The van der Waals surface area contributed by atoms with Gasteiger partial charge in [-0.3, -0.25) is 4.98 Å². The van der Waals surface area contributed by atoms with Gasteiger partial charge in [0.15, 0.2) is 0 Å². The molecule has 0 aliphatic rings. The first-order valence-corrected chi connectivity index (χ1v) is 7.10. The highest BCUT2D eigenvalue weighted by Gasteiger charge is 2.29. The van der Waals surface area contributed by atoms with Crippen molar-refractivity contribution in [3.8, 4) is 11.5 Å². The Kier molecular flexibility index (Phi) is 3.99. The van der Waals surface area contributed by atoms with Crippen molar-refractivity contribution >= 4 is 6.29 Å².